The number of pyridine rings is 1. The Balaban J connectivity index is 1.73. The monoisotopic (exact) mass is 373 g/mol. The second kappa shape index (κ2) is 7.07. The van der Waals surface area contributed by atoms with Crippen LogP contribution in [-0.2, 0) is 0 Å². The maximum Gasteiger partial charge on any atom is 0.332 e. The molecule has 0 bridgehead atoms. The molecular formula is C20H19N7O. The highest BCUT2D eigenvalue weighted by Gasteiger charge is 2.16. The number of aromatic nitrogens is 4. The average Bonchev–Trinajstić information content (AvgIpc) is 3.14. The zero-order chi connectivity index (χ0) is 19.7. The van der Waals surface area contributed by atoms with Crippen LogP contribution >= 0.6 is 0 Å². The van der Waals surface area contributed by atoms with Crippen LogP contribution in [-0.4, -0.2) is 31.3 Å². The van der Waals surface area contributed by atoms with E-state index in [0.717, 1.165) is 27.8 Å². The summed E-state index contributed by atoms with van der Waals surface area (Å²) in [5, 5.41) is 9.67. The van der Waals surface area contributed by atoms with Gasteiger partial charge >= 0.3 is 6.03 Å². The van der Waals surface area contributed by atoms with E-state index in [2.05, 4.69) is 50.7 Å². The molecule has 1 atom stereocenters. The first kappa shape index (κ1) is 17.6. The zero-order valence-corrected chi connectivity index (χ0v) is 15.5. The number of nitrogens with zero attached hydrogens (tertiary/aromatic N) is 5. The summed E-state index contributed by atoms with van der Waals surface area (Å²) in [6, 6.07) is 13.2. The lowest BCUT2D eigenvalue weighted by atomic mass is 9.97. The van der Waals surface area contributed by atoms with Crippen LogP contribution in [0.5, 0.6) is 0 Å². The molecule has 140 valence electrons. The van der Waals surface area contributed by atoms with E-state index in [0.29, 0.717) is 11.4 Å². The van der Waals surface area contributed by atoms with Crippen molar-refractivity contribution in [2.45, 2.75) is 19.8 Å². The van der Waals surface area contributed by atoms with E-state index < -0.39 is 6.03 Å². The van der Waals surface area contributed by atoms with E-state index in [9.17, 15) is 4.79 Å². The summed E-state index contributed by atoms with van der Waals surface area (Å²) < 4.78 is 1.80. The number of hydrogen-bond donors (Lipinski definition) is 2. The summed E-state index contributed by atoms with van der Waals surface area (Å²) >= 11 is 0. The van der Waals surface area contributed by atoms with Crippen LogP contribution in [0.2, 0.25) is 0 Å². The van der Waals surface area contributed by atoms with E-state index in [4.69, 9.17) is 5.73 Å². The lowest BCUT2D eigenvalue weighted by Crippen LogP contribution is -2.25. The standard InChI is InChI=1S/C20H19N7O/c1-12(14-5-6-17-15(10-14)4-3-9-22-17)18-11-23-19-8-7-16(26-27(18)19)13(2)24-25-20(21)28/h3-12H,1-2H3,(H3,21,25,28). The Hall–Kier alpha value is -3.81. The Morgan fingerprint density at radius 3 is 2.89 bits per heavy atom. The first-order valence-electron chi connectivity index (χ1n) is 8.82. The van der Waals surface area contributed by atoms with Crippen molar-refractivity contribution < 1.29 is 4.79 Å². The van der Waals surface area contributed by atoms with Crippen molar-refractivity contribution >= 4 is 28.3 Å². The Morgan fingerprint density at radius 2 is 2.07 bits per heavy atom. The molecule has 0 fully saturated rings. The molecule has 28 heavy (non-hydrogen) atoms. The minimum absolute atomic E-state index is 0.0725. The number of nitrogens with two attached hydrogens (primary N) is 1. The molecule has 3 N–H and O–H groups in total. The van der Waals surface area contributed by atoms with E-state index in [1.807, 2.05) is 24.4 Å². The highest BCUT2D eigenvalue weighted by molar-refractivity contribution is 5.97. The van der Waals surface area contributed by atoms with Crippen LogP contribution in [0, 0.1) is 0 Å². The average molecular weight is 373 g/mol. The van der Waals surface area contributed by atoms with Gasteiger partial charge in [-0.2, -0.15) is 10.2 Å². The van der Waals surface area contributed by atoms with Crippen molar-refractivity contribution in [2.75, 3.05) is 0 Å². The lowest BCUT2D eigenvalue weighted by Gasteiger charge is -2.12. The maximum absolute atomic E-state index is 10.9. The fraction of sp³-hybridized carbons (Fsp3) is 0.150. The highest BCUT2D eigenvalue weighted by Crippen LogP contribution is 2.27. The third kappa shape index (κ3) is 3.27. The molecular weight excluding hydrogens is 354 g/mol. The van der Waals surface area contributed by atoms with Crippen molar-refractivity contribution in [3.63, 3.8) is 0 Å². The predicted molar refractivity (Wildman–Crippen MR) is 107 cm³/mol. The number of amides is 2. The molecule has 0 saturated heterocycles. The molecule has 0 radical (unpaired) electrons. The quantitative estimate of drug-likeness (QED) is 0.423. The van der Waals surface area contributed by atoms with E-state index >= 15 is 0 Å². The summed E-state index contributed by atoms with van der Waals surface area (Å²) in [4.78, 5) is 19.7. The number of fused-ring (bicyclic) bond motifs is 2. The number of hydrogen-bond acceptors (Lipinski definition) is 5. The molecule has 2 amide bonds. The van der Waals surface area contributed by atoms with Crippen molar-refractivity contribution in [1.82, 2.24) is 25.0 Å². The molecule has 1 aromatic carbocycles. The molecule has 3 aromatic heterocycles. The molecule has 0 spiro atoms. The molecule has 1 unspecified atom stereocenters. The number of primary amides is 1. The molecule has 4 rings (SSSR count). The summed E-state index contributed by atoms with van der Waals surface area (Å²) in [6.07, 6.45) is 3.62. The van der Waals surface area contributed by atoms with Crippen LogP contribution in [0.15, 0.2) is 60.0 Å². The third-order valence-electron chi connectivity index (χ3n) is 4.66. The number of carbonyl (C=O) groups is 1. The number of nitrogens with one attached hydrogen (secondary N) is 1. The molecule has 0 aliphatic rings. The fourth-order valence-electron chi connectivity index (χ4n) is 3.11. The zero-order valence-electron chi connectivity index (χ0n) is 15.5. The van der Waals surface area contributed by atoms with E-state index in [1.165, 1.54) is 0 Å². The summed E-state index contributed by atoms with van der Waals surface area (Å²) in [5.41, 5.74) is 12.3. The van der Waals surface area contributed by atoms with Crippen LogP contribution in [0.4, 0.5) is 4.79 Å². The summed E-state index contributed by atoms with van der Waals surface area (Å²) in [6.45, 7) is 3.87. The first-order chi connectivity index (χ1) is 13.5. The number of imidazole rings is 1. The van der Waals surface area contributed by atoms with Crippen LogP contribution < -0.4 is 11.2 Å². The predicted octanol–water partition coefficient (Wildman–Crippen LogP) is 2.82. The minimum Gasteiger partial charge on any atom is -0.350 e. The highest BCUT2D eigenvalue weighted by atomic mass is 16.2. The topological polar surface area (TPSA) is 111 Å². The van der Waals surface area contributed by atoms with E-state index in [1.54, 1.807) is 23.7 Å². The van der Waals surface area contributed by atoms with Crippen molar-refractivity contribution in [3.05, 3.63) is 71.8 Å². The fourth-order valence-corrected chi connectivity index (χ4v) is 3.11. The van der Waals surface area contributed by atoms with Gasteiger partial charge in [-0.15, -0.1) is 0 Å². The molecule has 8 nitrogen and oxygen atoms in total. The van der Waals surface area contributed by atoms with Gasteiger partial charge in [0, 0.05) is 17.5 Å². The Kier molecular flexibility index (Phi) is 4.44. The first-order valence-corrected chi connectivity index (χ1v) is 8.82. The van der Waals surface area contributed by atoms with Gasteiger partial charge in [0.2, 0.25) is 0 Å². The minimum atomic E-state index is -0.719. The van der Waals surface area contributed by atoms with Gasteiger partial charge in [-0.25, -0.2) is 19.7 Å². The molecule has 3 heterocycles. The number of hydrazone groups is 1. The van der Waals surface area contributed by atoms with Gasteiger partial charge in [0.1, 0.15) is 5.69 Å². The third-order valence-corrected chi connectivity index (χ3v) is 4.66. The number of carbonyl (C=O) groups excluding carboxylic acids is 1. The van der Waals surface area contributed by atoms with E-state index in [-0.39, 0.29) is 5.92 Å². The van der Waals surface area contributed by atoms with Crippen LogP contribution in [0.3, 0.4) is 0 Å². The number of benzene rings is 1. The number of urea groups is 1. The molecule has 0 aliphatic carbocycles. The maximum atomic E-state index is 10.9. The molecule has 4 aromatic rings. The van der Waals surface area contributed by atoms with Crippen molar-refractivity contribution in [3.8, 4) is 0 Å². The Morgan fingerprint density at radius 1 is 1.21 bits per heavy atom. The smallest absolute Gasteiger partial charge is 0.332 e. The molecule has 0 aliphatic heterocycles. The van der Waals surface area contributed by atoms with Gasteiger partial charge in [0.05, 0.1) is 23.1 Å². The lowest BCUT2D eigenvalue weighted by molar-refractivity contribution is 0.249. The van der Waals surface area contributed by atoms with Gasteiger partial charge in [-0.1, -0.05) is 19.1 Å². The van der Waals surface area contributed by atoms with Gasteiger partial charge in [-0.05, 0) is 42.8 Å². The van der Waals surface area contributed by atoms with Crippen molar-refractivity contribution in [2.24, 2.45) is 10.8 Å². The van der Waals surface area contributed by atoms with Gasteiger partial charge in [0.25, 0.3) is 0 Å². The van der Waals surface area contributed by atoms with Crippen molar-refractivity contribution in [1.29, 1.82) is 0 Å². The van der Waals surface area contributed by atoms with Gasteiger partial charge in [-0.3, -0.25) is 4.98 Å². The Labute approximate surface area is 161 Å². The van der Waals surface area contributed by atoms with Crippen LogP contribution in [0.1, 0.15) is 36.7 Å². The SMILES string of the molecule is CC(=NNC(N)=O)c1ccc2ncc(C(C)c3ccc4ncccc4c3)n2n1. The summed E-state index contributed by atoms with van der Waals surface area (Å²) in [7, 11) is 0. The Bertz CT molecular complexity index is 1210. The summed E-state index contributed by atoms with van der Waals surface area (Å²) in [5.74, 6) is 0.0725. The normalized spacial score (nSPS) is 13.0. The number of rotatable bonds is 4. The van der Waals surface area contributed by atoms with Crippen LogP contribution in [0.25, 0.3) is 16.6 Å². The largest absolute Gasteiger partial charge is 0.350 e. The second-order valence-corrected chi connectivity index (χ2v) is 6.52. The second-order valence-electron chi connectivity index (χ2n) is 6.52. The molecule has 0 saturated carbocycles. The van der Waals surface area contributed by atoms with Gasteiger partial charge in [0.15, 0.2) is 5.65 Å². The van der Waals surface area contributed by atoms with Gasteiger partial charge < -0.3 is 5.73 Å². The molecule has 8 heteroatoms.